The van der Waals surface area contributed by atoms with Crippen LogP contribution in [0.25, 0.3) is 0 Å². The smallest absolute Gasteiger partial charge is 0.317 e. The van der Waals surface area contributed by atoms with E-state index in [1.54, 1.807) is 0 Å². The average molecular weight is 152 g/mol. The van der Waals surface area contributed by atoms with Crippen LogP contribution in [0.5, 0.6) is 0 Å². The van der Waals surface area contributed by atoms with E-state index in [2.05, 4.69) is 19.1 Å². The molecule has 0 aliphatic carbocycles. The molecular weight excluding hydrogens is 142 g/mol. The van der Waals surface area contributed by atoms with Gasteiger partial charge in [-0.3, -0.25) is 0 Å². The Kier molecular flexibility index (Phi) is 2.45. The van der Waals surface area contributed by atoms with Crippen molar-refractivity contribution in [2.24, 2.45) is 5.92 Å². The molecule has 0 saturated carbocycles. The van der Waals surface area contributed by atoms with E-state index in [0.717, 1.165) is 32.6 Å². The summed E-state index contributed by atoms with van der Waals surface area (Å²) in [5.41, 5.74) is 0. The Morgan fingerprint density at radius 1 is 1.33 bits per heavy atom. The van der Waals surface area contributed by atoms with Crippen LogP contribution in [0.2, 0.25) is 0 Å². The highest BCUT2D eigenvalue weighted by Crippen LogP contribution is 2.14. The molecule has 1 rings (SSSR count). The van der Waals surface area contributed by atoms with E-state index in [0.29, 0.717) is 5.92 Å². The summed E-state index contributed by atoms with van der Waals surface area (Å²) >= 11 is 2.09. The zero-order chi connectivity index (χ0) is 6.85. The average Bonchev–Trinajstić information content (AvgIpc) is 1.59. The Balaban J connectivity index is 2.69. The molecule has 0 bridgehead atoms. The fourth-order valence-corrected chi connectivity index (χ4v) is 3.21. The van der Waals surface area contributed by atoms with Gasteiger partial charge in [0.2, 0.25) is 0 Å². The molecule has 1 aliphatic rings. The summed E-state index contributed by atoms with van der Waals surface area (Å²) in [6.45, 7) is 2.19. The topological polar surface area (TPSA) is 9.23 Å². The first-order chi connectivity index (χ1) is 4.18. The highest BCUT2D eigenvalue weighted by atomic mass is 27.1. The van der Waals surface area contributed by atoms with Gasteiger partial charge in [0, 0.05) is 9.24 Å². The Morgan fingerprint density at radius 2 is 1.78 bits per heavy atom. The standard InChI is InChI=1S/C6H6O.2Al.4H/c1-6-2-4-7-5-3-6;;;;;;/h2-3,6H,1H3;;;;;;. The first-order valence-corrected chi connectivity index (χ1v) is 5.23. The molecule has 0 fully saturated rings. The predicted octanol–water partition coefficient (Wildman–Crippen LogP) is -0.398. The molecule has 0 saturated heterocycles. The maximum absolute atomic E-state index is 5.40. The highest BCUT2D eigenvalue weighted by molar-refractivity contribution is 6.23. The zero-order valence-corrected chi connectivity index (χ0v) is 10.1. The first kappa shape index (κ1) is 7.45. The van der Waals surface area contributed by atoms with Gasteiger partial charge in [0.1, 0.15) is 0 Å². The fraction of sp³-hybridized carbons (Fsp3) is 0.333. The van der Waals surface area contributed by atoms with Crippen molar-refractivity contribution in [2.75, 3.05) is 0 Å². The SMILES string of the molecule is CC1C=[C]([AlH2])O[C]([AlH2])=C1. The van der Waals surface area contributed by atoms with Crippen LogP contribution in [0, 0.1) is 5.92 Å². The molecule has 0 aromatic carbocycles. The third-order valence-electron chi connectivity index (χ3n) is 1.32. The Bertz CT molecular complexity index is 154. The predicted molar refractivity (Wildman–Crippen MR) is 43.5 cm³/mol. The first-order valence-electron chi connectivity index (χ1n) is 3.23. The van der Waals surface area contributed by atoms with E-state index >= 15 is 0 Å². The second-order valence-corrected chi connectivity index (χ2v) is 4.49. The second kappa shape index (κ2) is 2.95. The van der Waals surface area contributed by atoms with Crippen molar-refractivity contribution in [1.82, 2.24) is 0 Å². The van der Waals surface area contributed by atoms with Gasteiger partial charge in [-0.2, -0.15) is 0 Å². The summed E-state index contributed by atoms with van der Waals surface area (Å²) in [4.78, 5) is 0. The summed E-state index contributed by atoms with van der Waals surface area (Å²) in [7, 11) is 0. The molecule has 0 aromatic heterocycles. The van der Waals surface area contributed by atoms with Gasteiger partial charge in [-0.05, 0) is 5.92 Å². The lowest BCUT2D eigenvalue weighted by molar-refractivity contribution is 0.350. The molecule has 0 spiro atoms. The third kappa shape index (κ3) is 2.20. The van der Waals surface area contributed by atoms with Crippen LogP contribution >= 0.6 is 0 Å². The second-order valence-electron chi connectivity index (χ2n) is 2.52. The zero-order valence-electron chi connectivity index (χ0n) is 6.14. The van der Waals surface area contributed by atoms with Crippen molar-refractivity contribution in [1.29, 1.82) is 0 Å². The van der Waals surface area contributed by atoms with E-state index in [1.807, 2.05) is 0 Å². The number of rotatable bonds is 0. The van der Waals surface area contributed by atoms with Crippen LogP contribution in [-0.4, -0.2) is 32.6 Å². The van der Waals surface area contributed by atoms with Crippen LogP contribution in [-0.2, 0) is 4.74 Å². The van der Waals surface area contributed by atoms with Gasteiger partial charge in [-0.25, -0.2) is 0 Å². The summed E-state index contributed by atoms with van der Waals surface area (Å²) in [5.74, 6) is 0.610. The van der Waals surface area contributed by atoms with Crippen molar-refractivity contribution < 1.29 is 4.74 Å². The molecule has 1 heterocycles. The molecule has 46 valence electrons. The fourth-order valence-electron chi connectivity index (χ4n) is 1.11. The van der Waals surface area contributed by atoms with Crippen LogP contribution in [0.1, 0.15) is 6.92 Å². The van der Waals surface area contributed by atoms with Gasteiger partial charge in [-0.15, -0.1) is 0 Å². The molecule has 0 aromatic rings. The number of allylic oxidation sites excluding steroid dienone is 2. The molecular formula is C6H10Al2O. The van der Waals surface area contributed by atoms with Crippen molar-refractivity contribution in [3.05, 3.63) is 21.4 Å². The van der Waals surface area contributed by atoms with Crippen molar-refractivity contribution in [2.45, 2.75) is 6.92 Å². The summed E-state index contributed by atoms with van der Waals surface area (Å²) in [6, 6.07) is 0. The monoisotopic (exact) mass is 152 g/mol. The summed E-state index contributed by atoms with van der Waals surface area (Å²) in [6.07, 6.45) is 4.38. The van der Waals surface area contributed by atoms with E-state index in [1.165, 1.54) is 9.24 Å². The molecule has 0 amide bonds. The maximum Gasteiger partial charge on any atom is 0.317 e. The van der Waals surface area contributed by atoms with Crippen LogP contribution in [0.3, 0.4) is 0 Å². The Labute approximate surface area is 71.6 Å². The van der Waals surface area contributed by atoms with Gasteiger partial charge in [0.25, 0.3) is 0 Å². The molecule has 0 atom stereocenters. The van der Waals surface area contributed by atoms with Crippen LogP contribution in [0.15, 0.2) is 21.4 Å². The van der Waals surface area contributed by atoms with E-state index < -0.39 is 0 Å². The van der Waals surface area contributed by atoms with E-state index in [-0.39, 0.29) is 0 Å². The largest absolute Gasteiger partial charge is 0.506 e. The minimum Gasteiger partial charge on any atom is -0.506 e. The molecule has 0 radical (unpaired) electrons. The Hall–Kier alpha value is 0.345. The minimum absolute atomic E-state index is 0.610. The van der Waals surface area contributed by atoms with Crippen LogP contribution in [0.4, 0.5) is 0 Å². The maximum atomic E-state index is 5.40. The van der Waals surface area contributed by atoms with Crippen molar-refractivity contribution >= 4 is 32.6 Å². The lowest BCUT2D eigenvalue weighted by atomic mass is 10.2. The molecule has 9 heavy (non-hydrogen) atoms. The van der Waals surface area contributed by atoms with Crippen molar-refractivity contribution in [3.63, 3.8) is 0 Å². The van der Waals surface area contributed by atoms with Gasteiger partial charge < -0.3 is 4.74 Å². The van der Waals surface area contributed by atoms with Crippen LogP contribution < -0.4 is 0 Å². The molecule has 1 aliphatic heterocycles. The van der Waals surface area contributed by atoms with E-state index in [9.17, 15) is 0 Å². The highest BCUT2D eigenvalue weighted by Gasteiger charge is 2.03. The molecule has 0 unspecified atom stereocenters. The number of hydrogen-bond acceptors (Lipinski definition) is 1. The quantitative estimate of drug-likeness (QED) is 0.429. The molecule has 3 heteroatoms. The van der Waals surface area contributed by atoms with Gasteiger partial charge in [0.05, 0.1) is 0 Å². The van der Waals surface area contributed by atoms with Gasteiger partial charge in [0.15, 0.2) is 0 Å². The number of hydrogen-bond donors (Lipinski definition) is 0. The normalized spacial score (nSPS) is 20.1. The van der Waals surface area contributed by atoms with Gasteiger partial charge in [-0.1, -0.05) is 19.1 Å². The third-order valence-corrected chi connectivity index (χ3v) is 2.39. The number of ether oxygens (including phenoxy) is 1. The van der Waals surface area contributed by atoms with E-state index in [4.69, 9.17) is 4.74 Å². The minimum atomic E-state index is 0.610. The molecule has 1 nitrogen and oxygen atoms in total. The van der Waals surface area contributed by atoms with Gasteiger partial charge >= 0.3 is 32.6 Å². The molecule has 0 N–H and O–H groups in total. The lowest BCUT2D eigenvalue weighted by Gasteiger charge is -2.16. The van der Waals surface area contributed by atoms with Crippen molar-refractivity contribution in [3.8, 4) is 0 Å². The lowest BCUT2D eigenvalue weighted by Crippen LogP contribution is -2.03. The Morgan fingerprint density at radius 3 is 2.11 bits per heavy atom. The summed E-state index contributed by atoms with van der Waals surface area (Å²) in [5, 5.41) is 0. The summed E-state index contributed by atoms with van der Waals surface area (Å²) < 4.78 is 7.78.